The number of pyridine rings is 1. The molecule has 24 heavy (non-hydrogen) atoms. The van der Waals surface area contributed by atoms with E-state index in [0.29, 0.717) is 12.8 Å². The Morgan fingerprint density at radius 3 is 2.71 bits per heavy atom. The SMILES string of the molecule is [C-]#[N+]c1ccnc(S(=O)(=O)CC2CC(NC(=O)OC(C)(C)C)C2)c1. The van der Waals surface area contributed by atoms with Crippen LogP contribution in [0.2, 0.25) is 0 Å². The summed E-state index contributed by atoms with van der Waals surface area (Å²) < 4.78 is 29.9. The van der Waals surface area contributed by atoms with Crippen LogP contribution in [0.15, 0.2) is 23.4 Å². The van der Waals surface area contributed by atoms with Crippen LogP contribution in [0.4, 0.5) is 10.5 Å². The topological polar surface area (TPSA) is 89.7 Å². The minimum absolute atomic E-state index is 0.0338. The molecule has 1 aliphatic rings. The highest BCUT2D eigenvalue weighted by Crippen LogP contribution is 2.31. The summed E-state index contributed by atoms with van der Waals surface area (Å²) in [5, 5.41) is 2.67. The van der Waals surface area contributed by atoms with Crippen LogP contribution >= 0.6 is 0 Å². The van der Waals surface area contributed by atoms with Crippen LogP contribution in [0.1, 0.15) is 33.6 Å². The van der Waals surface area contributed by atoms with Crippen molar-refractivity contribution in [3.8, 4) is 0 Å². The second-order valence-corrected chi connectivity index (χ2v) is 8.91. The van der Waals surface area contributed by atoms with Crippen molar-refractivity contribution in [2.75, 3.05) is 5.75 Å². The van der Waals surface area contributed by atoms with Crippen LogP contribution in [-0.2, 0) is 14.6 Å². The number of rotatable bonds is 4. The van der Waals surface area contributed by atoms with E-state index in [1.54, 1.807) is 20.8 Å². The van der Waals surface area contributed by atoms with E-state index in [1.807, 2.05) is 0 Å². The Kier molecular flexibility index (Phi) is 5.13. The van der Waals surface area contributed by atoms with Crippen LogP contribution in [0.25, 0.3) is 4.85 Å². The summed E-state index contributed by atoms with van der Waals surface area (Å²) in [7, 11) is -3.53. The van der Waals surface area contributed by atoms with Crippen molar-refractivity contribution >= 4 is 21.6 Å². The van der Waals surface area contributed by atoms with Gasteiger partial charge in [0.25, 0.3) is 0 Å². The third-order valence-electron chi connectivity index (χ3n) is 3.58. The second kappa shape index (κ2) is 6.77. The Morgan fingerprint density at radius 1 is 1.46 bits per heavy atom. The number of amides is 1. The van der Waals surface area contributed by atoms with Gasteiger partial charge in [-0.05, 0) is 51.7 Å². The third-order valence-corrected chi connectivity index (χ3v) is 5.35. The molecule has 1 aromatic heterocycles. The maximum atomic E-state index is 12.3. The minimum atomic E-state index is -3.53. The minimum Gasteiger partial charge on any atom is -0.444 e. The zero-order valence-electron chi connectivity index (χ0n) is 13.9. The highest BCUT2D eigenvalue weighted by atomic mass is 32.2. The second-order valence-electron chi connectivity index (χ2n) is 6.93. The fraction of sp³-hybridized carbons (Fsp3) is 0.562. The van der Waals surface area contributed by atoms with Crippen molar-refractivity contribution in [1.82, 2.24) is 10.3 Å². The summed E-state index contributed by atoms with van der Waals surface area (Å²) in [6, 6.07) is 2.69. The molecule has 0 saturated heterocycles. The zero-order chi connectivity index (χ0) is 18.0. The number of hydrogen-bond donors (Lipinski definition) is 1. The lowest BCUT2D eigenvalue weighted by molar-refractivity contribution is 0.0459. The highest BCUT2D eigenvalue weighted by molar-refractivity contribution is 7.91. The molecule has 0 radical (unpaired) electrons. The molecule has 0 aliphatic heterocycles. The van der Waals surface area contributed by atoms with Gasteiger partial charge in [0.1, 0.15) is 10.6 Å². The van der Waals surface area contributed by atoms with Crippen molar-refractivity contribution < 1.29 is 17.9 Å². The summed E-state index contributed by atoms with van der Waals surface area (Å²) in [6.07, 6.45) is 2.01. The zero-order valence-corrected chi connectivity index (χ0v) is 14.8. The lowest BCUT2D eigenvalue weighted by Crippen LogP contribution is -2.47. The number of alkyl carbamates (subject to hydrolysis) is 1. The van der Waals surface area contributed by atoms with Gasteiger partial charge in [-0.15, -0.1) is 0 Å². The van der Waals surface area contributed by atoms with Crippen molar-refractivity contribution in [3.63, 3.8) is 0 Å². The predicted octanol–water partition coefficient (Wildman–Crippen LogP) is 2.71. The maximum absolute atomic E-state index is 12.3. The molecule has 0 bridgehead atoms. The average molecular weight is 351 g/mol. The quantitative estimate of drug-likeness (QED) is 0.843. The molecule has 1 aliphatic carbocycles. The van der Waals surface area contributed by atoms with Gasteiger partial charge < -0.3 is 10.1 Å². The van der Waals surface area contributed by atoms with Gasteiger partial charge in [-0.1, -0.05) is 0 Å². The molecule has 1 fully saturated rings. The van der Waals surface area contributed by atoms with Gasteiger partial charge in [0.15, 0.2) is 15.5 Å². The van der Waals surface area contributed by atoms with E-state index in [1.165, 1.54) is 18.3 Å². The molecule has 130 valence electrons. The molecule has 1 heterocycles. The summed E-state index contributed by atoms with van der Waals surface area (Å²) in [5.74, 6) is -0.0677. The standard InChI is InChI=1S/C16H21N3O4S/c1-16(2,3)23-15(20)19-13-7-11(8-13)10-24(21,22)14-9-12(17-4)5-6-18-14/h5-6,9,11,13H,7-8,10H2,1-3H3,(H,19,20). The van der Waals surface area contributed by atoms with Crippen molar-refractivity contribution in [2.24, 2.45) is 5.92 Å². The molecule has 0 atom stereocenters. The lowest BCUT2D eigenvalue weighted by atomic mass is 9.82. The van der Waals surface area contributed by atoms with Gasteiger partial charge in [0, 0.05) is 12.2 Å². The molecule has 2 rings (SSSR count). The predicted molar refractivity (Wildman–Crippen MR) is 88.4 cm³/mol. The van der Waals surface area contributed by atoms with Crippen LogP contribution in [0.3, 0.4) is 0 Å². The Labute approximate surface area is 142 Å². The monoisotopic (exact) mass is 351 g/mol. The van der Waals surface area contributed by atoms with E-state index in [4.69, 9.17) is 11.3 Å². The molecular weight excluding hydrogens is 330 g/mol. The Bertz CT molecular complexity index is 756. The van der Waals surface area contributed by atoms with Gasteiger partial charge in [-0.25, -0.2) is 23.0 Å². The van der Waals surface area contributed by atoms with Gasteiger partial charge >= 0.3 is 6.09 Å². The van der Waals surface area contributed by atoms with E-state index in [-0.39, 0.29) is 28.4 Å². The van der Waals surface area contributed by atoms with Crippen molar-refractivity contribution in [1.29, 1.82) is 0 Å². The normalized spacial score (nSPS) is 20.6. The fourth-order valence-corrected chi connectivity index (χ4v) is 4.08. The number of carbonyl (C=O) groups is 1. The molecular formula is C16H21N3O4S. The first-order chi connectivity index (χ1) is 11.1. The molecule has 0 spiro atoms. The Hall–Kier alpha value is -2.14. The van der Waals surface area contributed by atoms with Gasteiger partial charge in [-0.3, -0.25) is 0 Å². The van der Waals surface area contributed by atoms with Crippen LogP contribution in [0.5, 0.6) is 0 Å². The first-order valence-electron chi connectivity index (χ1n) is 7.65. The first kappa shape index (κ1) is 18.2. The smallest absolute Gasteiger partial charge is 0.407 e. The number of nitrogens with one attached hydrogen (secondary N) is 1. The van der Waals surface area contributed by atoms with Crippen LogP contribution in [-0.4, -0.2) is 36.9 Å². The molecule has 0 aromatic carbocycles. The third kappa shape index (κ3) is 4.93. The Balaban J connectivity index is 1.86. The summed E-state index contributed by atoms with van der Waals surface area (Å²) in [6.45, 7) is 12.3. The largest absolute Gasteiger partial charge is 0.444 e. The first-order valence-corrected chi connectivity index (χ1v) is 9.30. The summed E-state index contributed by atoms with van der Waals surface area (Å²) in [4.78, 5) is 18.7. The van der Waals surface area contributed by atoms with E-state index < -0.39 is 21.5 Å². The van der Waals surface area contributed by atoms with E-state index >= 15 is 0 Å². The van der Waals surface area contributed by atoms with Crippen LogP contribution in [0, 0.1) is 12.5 Å². The van der Waals surface area contributed by atoms with Crippen molar-refractivity contribution in [3.05, 3.63) is 29.7 Å². The number of carbonyl (C=O) groups excluding carboxylic acids is 1. The molecule has 1 amide bonds. The van der Waals surface area contributed by atoms with Crippen LogP contribution < -0.4 is 5.32 Å². The number of sulfone groups is 1. The number of aromatic nitrogens is 1. The average Bonchev–Trinajstić information content (AvgIpc) is 2.43. The van der Waals surface area contributed by atoms with Gasteiger partial charge in [-0.2, -0.15) is 0 Å². The number of nitrogens with zero attached hydrogens (tertiary/aromatic N) is 2. The molecule has 0 unspecified atom stereocenters. The van der Waals surface area contributed by atoms with E-state index in [0.717, 1.165) is 0 Å². The molecule has 8 heteroatoms. The Morgan fingerprint density at radius 2 is 2.12 bits per heavy atom. The molecule has 7 nitrogen and oxygen atoms in total. The van der Waals surface area contributed by atoms with E-state index in [2.05, 4.69) is 15.1 Å². The number of hydrogen-bond acceptors (Lipinski definition) is 5. The lowest BCUT2D eigenvalue weighted by Gasteiger charge is -2.35. The molecule has 1 aromatic rings. The van der Waals surface area contributed by atoms with Crippen molar-refractivity contribution in [2.45, 2.75) is 50.3 Å². The fourth-order valence-electron chi connectivity index (χ4n) is 2.50. The summed E-state index contributed by atoms with van der Waals surface area (Å²) >= 11 is 0. The highest BCUT2D eigenvalue weighted by Gasteiger charge is 2.35. The number of ether oxygens (including phenoxy) is 1. The van der Waals surface area contributed by atoms with E-state index in [9.17, 15) is 13.2 Å². The van der Waals surface area contributed by atoms with Gasteiger partial charge in [0.2, 0.25) is 0 Å². The molecule has 1 saturated carbocycles. The molecule has 1 N–H and O–H groups in total. The maximum Gasteiger partial charge on any atom is 0.407 e. The van der Waals surface area contributed by atoms with Gasteiger partial charge in [0.05, 0.1) is 12.3 Å². The summed E-state index contributed by atoms with van der Waals surface area (Å²) in [5.41, 5.74) is -0.308.